The van der Waals surface area contributed by atoms with Crippen LogP contribution in [0.1, 0.15) is 16.7 Å². The number of hydrogen-bond acceptors (Lipinski definition) is 5. The highest BCUT2D eigenvalue weighted by atomic mass is 32.2. The predicted octanol–water partition coefficient (Wildman–Crippen LogP) is 3.23. The number of methoxy groups -OCH3 is 1. The predicted molar refractivity (Wildman–Crippen MR) is 93.5 cm³/mol. The molecule has 6 nitrogen and oxygen atoms in total. The Hall–Kier alpha value is -2.68. The van der Waals surface area contributed by atoms with Crippen LogP contribution in [-0.2, 0) is 10.0 Å². The fourth-order valence-electron chi connectivity index (χ4n) is 2.17. The van der Waals surface area contributed by atoms with Crippen molar-refractivity contribution in [3.05, 3.63) is 53.1 Å². The molecule has 2 rings (SSSR count). The highest BCUT2D eigenvalue weighted by Crippen LogP contribution is 2.28. The van der Waals surface area contributed by atoms with Crippen LogP contribution in [-0.4, -0.2) is 28.4 Å². The molecule has 0 aliphatic heterocycles. The molecule has 0 saturated heterocycles. The lowest BCUT2D eigenvalue weighted by Gasteiger charge is -2.10. The number of halogens is 2. The zero-order valence-electron chi connectivity index (χ0n) is 14.4. The van der Waals surface area contributed by atoms with Crippen molar-refractivity contribution in [3.8, 4) is 11.5 Å². The van der Waals surface area contributed by atoms with Crippen LogP contribution in [0.2, 0.25) is 0 Å². The van der Waals surface area contributed by atoms with E-state index in [9.17, 15) is 17.2 Å². The van der Waals surface area contributed by atoms with Gasteiger partial charge in [0.1, 0.15) is 0 Å². The molecule has 0 spiro atoms. The molecule has 26 heavy (non-hydrogen) atoms. The minimum Gasteiger partial charge on any atom is -0.493 e. The van der Waals surface area contributed by atoms with E-state index < -0.39 is 16.6 Å². The van der Waals surface area contributed by atoms with Gasteiger partial charge in [-0.3, -0.25) is 0 Å². The Bertz CT molecular complexity index is 915. The van der Waals surface area contributed by atoms with Gasteiger partial charge in [0.15, 0.2) is 11.5 Å². The van der Waals surface area contributed by atoms with Crippen LogP contribution in [0.4, 0.5) is 8.78 Å². The van der Waals surface area contributed by atoms with E-state index in [1.54, 1.807) is 26.0 Å². The molecular formula is C17H18F2N2O4S. The van der Waals surface area contributed by atoms with E-state index in [4.69, 9.17) is 4.74 Å². The zero-order chi connectivity index (χ0) is 19.3. The fourth-order valence-corrected chi connectivity index (χ4v) is 3.30. The molecule has 0 heterocycles. The van der Waals surface area contributed by atoms with Crippen molar-refractivity contribution in [1.82, 2.24) is 4.83 Å². The molecule has 0 saturated carbocycles. The number of aryl methyl sites for hydroxylation is 2. The van der Waals surface area contributed by atoms with E-state index in [0.717, 1.165) is 5.56 Å². The second-order valence-electron chi connectivity index (χ2n) is 5.41. The summed E-state index contributed by atoms with van der Waals surface area (Å²) in [6.45, 7) is 0.495. The lowest BCUT2D eigenvalue weighted by Crippen LogP contribution is -2.19. The lowest BCUT2D eigenvalue weighted by molar-refractivity contribution is -0.0512. The van der Waals surface area contributed by atoms with E-state index in [1.165, 1.54) is 31.5 Å². The SMILES string of the molecule is COc1cc(C=NNS(=O)(=O)c2cc(C)ccc2C)ccc1OC(F)F. The molecule has 0 amide bonds. The Morgan fingerprint density at radius 3 is 2.50 bits per heavy atom. The van der Waals surface area contributed by atoms with Gasteiger partial charge in [-0.15, -0.1) is 0 Å². The van der Waals surface area contributed by atoms with Gasteiger partial charge in [0.25, 0.3) is 10.0 Å². The average molecular weight is 384 g/mol. The standard InChI is InChI=1S/C17H18F2N2O4S/c1-11-4-5-12(2)16(8-11)26(22,23)21-20-10-13-6-7-14(25-17(18)19)15(9-13)24-3/h4-10,17,21H,1-3H3. The molecule has 9 heteroatoms. The van der Waals surface area contributed by atoms with Crippen molar-refractivity contribution >= 4 is 16.2 Å². The average Bonchev–Trinajstić information content (AvgIpc) is 2.57. The minimum atomic E-state index is -3.83. The van der Waals surface area contributed by atoms with Gasteiger partial charge in [0, 0.05) is 0 Å². The summed E-state index contributed by atoms with van der Waals surface area (Å²) in [5.41, 5.74) is 1.83. The van der Waals surface area contributed by atoms with Crippen molar-refractivity contribution in [1.29, 1.82) is 0 Å². The maximum atomic E-state index is 12.3. The number of benzene rings is 2. The number of ether oxygens (including phenoxy) is 2. The van der Waals surface area contributed by atoms with E-state index in [1.807, 2.05) is 6.07 Å². The van der Waals surface area contributed by atoms with Crippen LogP contribution < -0.4 is 14.3 Å². The molecule has 140 valence electrons. The van der Waals surface area contributed by atoms with Crippen LogP contribution in [0.5, 0.6) is 11.5 Å². The number of sulfonamides is 1. The maximum Gasteiger partial charge on any atom is 0.387 e. The molecule has 0 aliphatic rings. The first-order valence-corrected chi connectivity index (χ1v) is 8.96. The number of rotatable bonds is 7. The van der Waals surface area contributed by atoms with Crippen LogP contribution in [0.3, 0.4) is 0 Å². The third-order valence-electron chi connectivity index (χ3n) is 3.42. The van der Waals surface area contributed by atoms with Crippen molar-refractivity contribution in [2.45, 2.75) is 25.4 Å². The summed E-state index contributed by atoms with van der Waals surface area (Å²) in [7, 11) is -2.52. The normalized spacial score (nSPS) is 11.8. The van der Waals surface area contributed by atoms with Crippen LogP contribution >= 0.6 is 0 Å². The summed E-state index contributed by atoms with van der Waals surface area (Å²) in [5.74, 6) is -0.0535. The van der Waals surface area contributed by atoms with Gasteiger partial charge >= 0.3 is 6.61 Å². The summed E-state index contributed by atoms with van der Waals surface area (Å²) >= 11 is 0. The van der Waals surface area contributed by atoms with Gasteiger partial charge in [-0.1, -0.05) is 12.1 Å². The van der Waals surface area contributed by atoms with Gasteiger partial charge in [0.05, 0.1) is 18.2 Å². The largest absolute Gasteiger partial charge is 0.493 e. The molecule has 0 aromatic heterocycles. The lowest BCUT2D eigenvalue weighted by atomic mass is 10.2. The molecule has 0 fully saturated rings. The third kappa shape index (κ3) is 4.92. The summed E-state index contributed by atoms with van der Waals surface area (Å²) in [6, 6.07) is 9.19. The number of nitrogens with one attached hydrogen (secondary N) is 1. The number of nitrogens with zero attached hydrogens (tertiary/aromatic N) is 1. The number of alkyl halides is 2. The van der Waals surface area contributed by atoms with Crippen molar-refractivity contribution in [2.24, 2.45) is 5.10 Å². The molecule has 2 aromatic carbocycles. The molecular weight excluding hydrogens is 366 g/mol. The molecule has 0 bridgehead atoms. The van der Waals surface area contributed by atoms with Crippen molar-refractivity contribution in [2.75, 3.05) is 7.11 Å². The van der Waals surface area contributed by atoms with Crippen molar-refractivity contribution < 1.29 is 26.7 Å². The summed E-state index contributed by atoms with van der Waals surface area (Å²) in [5, 5.41) is 3.72. The summed E-state index contributed by atoms with van der Waals surface area (Å²) in [4.78, 5) is 2.26. The third-order valence-corrected chi connectivity index (χ3v) is 4.79. The highest BCUT2D eigenvalue weighted by molar-refractivity contribution is 7.89. The Labute approximate surface area is 150 Å². The van der Waals surface area contributed by atoms with Gasteiger partial charge in [-0.25, -0.2) is 4.83 Å². The number of hydrazone groups is 1. The second kappa shape index (κ2) is 8.13. The van der Waals surface area contributed by atoms with Crippen LogP contribution in [0.25, 0.3) is 0 Å². The Kier molecular flexibility index (Phi) is 6.14. The number of hydrogen-bond donors (Lipinski definition) is 1. The first kappa shape index (κ1) is 19.6. The Morgan fingerprint density at radius 2 is 1.85 bits per heavy atom. The Balaban J connectivity index is 2.18. The first-order valence-electron chi connectivity index (χ1n) is 7.48. The van der Waals surface area contributed by atoms with Crippen molar-refractivity contribution in [3.63, 3.8) is 0 Å². The maximum absolute atomic E-state index is 12.3. The fraction of sp³-hybridized carbons (Fsp3) is 0.235. The van der Waals surface area contributed by atoms with E-state index in [-0.39, 0.29) is 16.4 Å². The second-order valence-corrected chi connectivity index (χ2v) is 7.04. The van der Waals surface area contributed by atoms with Gasteiger partial charge in [-0.2, -0.15) is 22.3 Å². The smallest absolute Gasteiger partial charge is 0.387 e. The quantitative estimate of drug-likeness (QED) is 0.587. The highest BCUT2D eigenvalue weighted by Gasteiger charge is 2.16. The molecule has 1 N–H and O–H groups in total. The Morgan fingerprint density at radius 1 is 1.12 bits per heavy atom. The molecule has 0 radical (unpaired) electrons. The zero-order valence-corrected chi connectivity index (χ0v) is 15.2. The molecule has 2 aromatic rings. The molecule has 0 atom stereocenters. The molecule has 0 aliphatic carbocycles. The summed E-state index contributed by atoms with van der Waals surface area (Å²) < 4.78 is 58.6. The van der Waals surface area contributed by atoms with E-state index >= 15 is 0 Å². The topological polar surface area (TPSA) is 77.0 Å². The van der Waals surface area contributed by atoms with E-state index in [2.05, 4.69) is 14.7 Å². The molecule has 0 unspecified atom stereocenters. The monoisotopic (exact) mass is 384 g/mol. The van der Waals surface area contributed by atoms with Gasteiger partial charge in [-0.05, 0) is 54.8 Å². The summed E-state index contributed by atoms with van der Waals surface area (Å²) in [6.07, 6.45) is 1.23. The minimum absolute atomic E-state index is 0.0756. The van der Waals surface area contributed by atoms with E-state index in [0.29, 0.717) is 11.1 Å². The van der Waals surface area contributed by atoms with Gasteiger partial charge in [0.2, 0.25) is 0 Å². The van der Waals surface area contributed by atoms with Gasteiger partial charge < -0.3 is 9.47 Å². The van der Waals surface area contributed by atoms with Crippen LogP contribution in [0, 0.1) is 13.8 Å². The van der Waals surface area contributed by atoms with Crippen LogP contribution in [0.15, 0.2) is 46.4 Å². The first-order chi connectivity index (χ1) is 12.2.